The van der Waals surface area contributed by atoms with Gasteiger partial charge in [-0.05, 0) is 34.6 Å². The zero-order valence-electron chi connectivity index (χ0n) is 24.1. The smallest absolute Gasteiger partial charge is 0.246 e. The van der Waals surface area contributed by atoms with E-state index >= 15 is 0 Å². The lowest BCUT2D eigenvalue weighted by Crippen LogP contribution is -2.67. The van der Waals surface area contributed by atoms with Crippen LogP contribution in [0, 0.1) is 4.91 Å². The van der Waals surface area contributed by atoms with Crippen molar-refractivity contribution in [2.45, 2.75) is 62.4 Å². The van der Waals surface area contributed by atoms with Crippen molar-refractivity contribution < 1.29 is 39.5 Å². The fourth-order valence-corrected chi connectivity index (χ4v) is 5.49. The standard InChI is InChI=1S/C30H41N3O9S/c1-2-43-14-6-13-41-30(19-32-40)16-23(35)27(33-26(38)18-34)29(42-30)28(39)24(36)17-31-25(37)15-20-9-11-22(12-10-20)21-7-4-3-5-8-21/h3-5,7-12,23-24,27-29,34-36,39H,2,6,13-19H2,1H3,(H,31,37)(H,33,38). The predicted molar refractivity (Wildman–Crippen MR) is 162 cm³/mol. The van der Waals surface area contributed by atoms with E-state index in [0.29, 0.717) is 6.42 Å². The van der Waals surface area contributed by atoms with E-state index in [1.807, 2.05) is 61.5 Å². The minimum atomic E-state index is -1.74. The number of amides is 2. The van der Waals surface area contributed by atoms with Crippen LogP contribution in [0.25, 0.3) is 11.1 Å². The highest BCUT2D eigenvalue weighted by atomic mass is 32.2. The van der Waals surface area contributed by atoms with Crippen molar-refractivity contribution in [3.05, 3.63) is 65.1 Å². The molecule has 1 heterocycles. The number of benzene rings is 2. The Morgan fingerprint density at radius 2 is 1.81 bits per heavy atom. The molecule has 0 spiro atoms. The molecular formula is C30H41N3O9S. The Balaban J connectivity index is 1.64. The minimum Gasteiger partial charge on any atom is -0.391 e. The van der Waals surface area contributed by atoms with Gasteiger partial charge in [0.15, 0.2) is 5.79 Å². The van der Waals surface area contributed by atoms with Crippen LogP contribution in [-0.2, 0) is 25.5 Å². The minimum absolute atomic E-state index is 0.0317. The number of aliphatic hydroxyl groups is 4. The van der Waals surface area contributed by atoms with Crippen molar-refractivity contribution in [3.63, 3.8) is 0 Å². The molecule has 1 fully saturated rings. The summed E-state index contributed by atoms with van der Waals surface area (Å²) in [5.74, 6) is -1.24. The Morgan fingerprint density at radius 3 is 2.47 bits per heavy atom. The highest BCUT2D eigenvalue weighted by Crippen LogP contribution is 2.34. The highest BCUT2D eigenvalue weighted by Gasteiger charge is 2.52. The molecule has 0 radical (unpaired) electrons. The van der Waals surface area contributed by atoms with Crippen LogP contribution < -0.4 is 10.6 Å². The number of aliphatic hydroxyl groups excluding tert-OH is 4. The van der Waals surface area contributed by atoms with E-state index in [1.54, 1.807) is 11.8 Å². The van der Waals surface area contributed by atoms with Crippen molar-refractivity contribution in [1.82, 2.24) is 10.6 Å². The topological polar surface area (TPSA) is 187 Å². The molecule has 236 valence electrons. The van der Waals surface area contributed by atoms with Gasteiger partial charge in [0.25, 0.3) is 0 Å². The Kier molecular flexibility index (Phi) is 14.0. The zero-order valence-corrected chi connectivity index (χ0v) is 24.9. The van der Waals surface area contributed by atoms with Crippen LogP contribution in [0.15, 0.2) is 59.8 Å². The second-order valence-corrected chi connectivity index (χ2v) is 11.7. The number of nitroso groups, excluding NO2 is 1. The van der Waals surface area contributed by atoms with Gasteiger partial charge in [0, 0.05) is 13.0 Å². The SMILES string of the molecule is CCSCCCOC1(CN=O)CC(O)C(NC(=O)CO)C(C(O)C(O)CNC(=O)Cc2ccc(-c3ccccc3)cc2)O1. The van der Waals surface area contributed by atoms with Crippen molar-refractivity contribution in [2.24, 2.45) is 5.18 Å². The van der Waals surface area contributed by atoms with Gasteiger partial charge in [0.1, 0.15) is 25.4 Å². The summed E-state index contributed by atoms with van der Waals surface area (Å²) in [5.41, 5.74) is 2.80. The third-order valence-electron chi connectivity index (χ3n) is 7.08. The van der Waals surface area contributed by atoms with Gasteiger partial charge in [-0.2, -0.15) is 16.7 Å². The molecule has 2 aromatic rings. The summed E-state index contributed by atoms with van der Waals surface area (Å²) in [6.07, 6.45) is -5.77. The summed E-state index contributed by atoms with van der Waals surface area (Å²) < 4.78 is 11.8. The number of rotatable bonds is 17. The lowest BCUT2D eigenvalue weighted by atomic mass is 9.88. The van der Waals surface area contributed by atoms with Crippen molar-refractivity contribution in [3.8, 4) is 11.1 Å². The molecule has 6 atom stereocenters. The number of nitrogens with zero attached hydrogens (tertiary/aromatic N) is 1. The van der Waals surface area contributed by atoms with Crippen LogP contribution in [0.5, 0.6) is 0 Å². The molecule has 0 aromatic heterocycles. The Hall–Kier alpha value is -2.91. The average Bonchev–Trinajstić information content (AvgIpc) is 3.01. The quantitative estimate of drug-likeness (QED) is 0.110. The molecule has 2 amide bonds. The van der Waals surface area contributed by atoms with E-state index in [9.17, 15) is 34.9 Å². The first-order valence-electron chi connectivity index (χ1n) is 14.3. The van der Waals surface area contributed by atoms with Crippen molar-refractivity contribution >= 4 is 23.6 Å². The Bertz CT molecular complexity index is 1160. The molecular weight excluding hydrogens is 578 g/mol. The normalized spacial score (nSPS) is 23.2. The van der Waals surface area contributed by atoms with Gasteiger partial charge in [0.2, 0.25) is 11.8 Å². The molecule has 1 aliphatic heterocycles. The second kappa shape index (κ2) is 17.4. The fraction of sp³-hybridized carbons (Fsp3) is 0.533. The third kappa shape index (κ3) is 10.3. The first kappa shape index (κ1) is 34.6. The summed E-state index contributed by atoms with van der Waals surface area (Å²) in [5, 5.41) is 49.9. The summed E-state index contributed by atoms with van der Waals surface area (Å²) in [6.45, 7) is 0.436. The van der Waals surface area contributed by atoms with Crippen molar-refractivity contribution in [2.75, 3.05) is 37.8 Å². The molecule has 43 heavy (non-hydrogen) atoms. The zero-order chi connectivity index (χ0) is 31.2. The van der Waals surface area contributed by atoms with Crippen LogP contribution in [0.1, 0.15) is 25.3 Å². The van der Waals surface area contributed by atoms with E-state index in [0.717, 1.165) is 28.2 Å². The lowest BCUT2D eigenvalue weighted by Gasteiger charge is -2.47. The maximum absolute atomic E-state index is 12.6. The number of hydrogen-bond acceptors (Lipinski definition) is 11. The number of thioether (sulfide) groups is 1. The van der Waals surface area contributed by atoms with Gasteiger partial charge in [-0.1, -0.05) is 66.7 Å². The molecule has 12 nitrogen and oxygen atoms in total. The summed E-state index contributed by atoms with van der Waals surface area (Å²) >= 11 is 1.70. The monoisotopic (exact) mass is 619 g/mol. The van der Waals surface area contributed by atoms with Gasteiger partial charge in [-0.15, -0.1) is 0 Å². The third-order valence-corrected chi connectivity index (χ3v) is 8.07. The average molecular weight is 620 g/mol. The van der Waals surface area contributed by atoms with Crippen molar-refractivity contribution in [1.29, 1.82) is 0 Å². The van der Waals surface area contributed by atoms with E-state index in [4.69, 9.17) is 9.47 Å². The number of hydrogen-bond donors (Lipinski definition) is 6. The summed E-state index contributed by atoms with van der Waals surface area (Å²) in [7, 11) is 0. The summed E-state index contributed by atoms with van der Waals surface area (Å²) in [4.78, 5) is 35.9. The Morgan fingerprint density at radius 1 is 1.12 bits per heavy atom. The maximum atomic E-state index is 12.6. The van der Waals surface area contributed by atoms with Gasteiger partial charge in [-0.25, -0.2) is 0 Å². The first-order chi connectivity index (χ1) is 20.7. The Labute approximate surface area is 255 Å². The van der Waals surface area contributed by atoms with Crippen LogP contribution >= 0.6 is 11.8 Å². The van der Waals surface area contributed by atoms with E-state index < -0.39 is 61.2 Å². The largest absolute Gasteiger partial charge is 0.391 e. The molecule has 6 unspecified atom stereocenters. The molecule has 1 saturated heterocycles. The van der Waals surface area contributed by atoms with Gasteiger partial charge in [0.05, 0.1) is 31.3 Å². The molecule has 0 saturated carbocycles. The molecule has 6 N–H and O–H groups in total. The fourth-order valence-electron chi connectivity index (χ4n) is 4.88. The van der Waals surface area contributed by atoms with Gasteiger partial charge >= 0.3 is 0 Å². The van der Waals surface area contributed by atoms with Crippen LogP contribution in [0.4, 0.5) is 0 Å². The lowest BCUT2D eigenvalue weighted by molar-refractivity contribution is -0.313. The van der Waals surface area contributed by atoms with E-state index in [2.05, 4.69) is 15.8 Å². The maximum Gasteiger partial charge on any atom is 0.246 e. The molecule has 0 bridgehead atoms. The molecule has 2 aromatic carbocycles. The molecule has 1 aliphatic rings. The first-order valence-corrected chi connectivity index (χ1v) is 15.4. The number of carbonyl (C=O) groups excluding carboxylic acids is 2. The highest BCUT2D eigenvalue weighted by molar-refractivity contribution is 7.99. The predicted octanol–water partition coefficient (Wildman–Crippen LogP) is 0.984. The molecule has 3 rings (SSSR count). The molecule has 0 aliphatic carbocycles. The van der Waals surface area contributed by atoms with E-state index in [-0.39, 0.29) is 26.0 Å². The van der Waals surface area contributed by atoms with E-state index in [1.165, 1.54) is 0 Å². The number of ether oxygens (including phenoxy) is 2. The van der Waals surface area contributed by atoms with Gasteiger partial charge < -0.3 is 40.5 Å². The summed E-state index contributed by atoms with van der Waals surface area (Å²) in [6, 6.07) is 16.0. The molecule has 13 heteroatoms. The van der Waals surface area contributed by atoms with Crippen LogP contribution in [-0.4, -0.2) is 106 Å². The number of nitrogens with one attached hydrogen (secondary N) is 2. The van der Waals surface area contributed by atoms with Gasteiger partial charge in [-0.3, -0.25) is 9.59 Å². The second-order valence-electron chi connectivity index (χ2n) is 10.3. The van der Waals surface area contributed by atoms with Crippen LogP contribution in [0.3, 0.4) is 0 Å². The van der Waals surface area contributed by atoms with Crippen LogP contribution in [0.2, 0.25) is 0 Å². The number of carbonyl (C=O) groups is 2.